The molecule has 0 saturated carbocycles. The molecule has 0 amide bonds. The molecule has 0 radical (unpaired) electrons. The zero-order chi connectivity index (χ0) is 16.5. The first-order chi connectivity index (χ1) is 11.8. The predicted octanol–water partition coefficient (Wildman–Crippen LogP) is 1.90. The number of hydrogen-bond donors (Lipinski definition) is 0. The van der Waals surface area contributed by atoms with Gasteiger partial charge in [-0.05, 0) is 37.1 Å². The first-order valence-corrected chi connectivity index (χ1v) is 8.02. The third-order valence-electron chi connectivity index (χ3n) is 4.47. The van der Waals surface area contributed by atoms with E-state index in [1.54, 1.807) is 35.2 Å². The lowest BCUT2D eigenvalue weighted by Gasteiger charge is -2.26. The van der Waals surface area contributed by atoms with Gasteiger partial charge in [-0.15, -0.1) is 0 Å². The quantitative estimate of drug-likeness (QED) is 0.722. The summed E-state index contributed by atoms with van der Waals surface area (Å²) in [6, 6.07) is 10.7. The average Bonchev–Trinajstić information content (AvgIpc) is 2.64. The molecule has 1 saturated heterocycles. The molecule has 3 aromatic rings. The van der Waals surface area contributed by atoms with Gasteiger partial charge in [0.2, 0.25) is 0 Å². The molecule has 0 unspecified atom stereocenters. The third kappa shape index (κ3) is 2.35. The molecule has 122 valence electrons. The number of fused-ring (bicyclic) bond motifs is 1. The van der Waals surface area contributed by atoms with E-state index in [-0.39, 0.29) is 17.3 Å². The Bertz CT molecular complexity index is 986. The van der Waals surface area contributed by atoms with E-state index in [1.807, 2.05) is 18.2 Å². The zero-order valence-electron chi connectivity index (χ0n) is 13.1. The lowest BCUT2D eigenvalue weighted by molar-refractivity contribution is 0.0693. The van der Waals surface area contributed by atoms with Gasteiger partial charge in [-0.1, -0.05) is 12.1 Å². The van der Waals surface area contributed by atoms with E-state index in [0.29, 0.717) is 29.8 Å². The zero-order valence-corrected chi connectivity index (χ0v) is 13.1. The Labute approximate surface area is 138 Å². The molecular formula is C18H17N3O3. The molecule has 6 heteroatoms. The van der Waals surface area contributed by atoms with E-state index < -0.39 is 0 Å². The summed E-state index contributed by atoms with van der Waals surface area (Å²) in [6.07, 6.45) is 4.68. The Morgan fingerprint density at radius 2 is 1.71 bits per heavy atom. The molecule has 6 nitrogen and oxygen atoms in total. The molecule has 1 aromatic carbocycles. The minimum atomic E-state index is -0.309. The SMILES string of the molecule is O=c1c2ccccc2n(C2CCOCC2)c(=O)n1-c1ccncc1. The summed E-state index contributed by atoms with van der Waals surface area (Å²) in [6.45, 7) is 1.25. The predicted molar refractivity (Wildman–Crippen MR) is 90.7 cm³/mol. The van der Waals surface area contributed by atoms with E-state index in [4.69, 9.17) is 4.74 Å². The molecule has 24 heavy (non-hydrogen) atoms. The highest BCUT2D eigenvalue weighted by Gasteiger charge is 2.22. The summed E-state index contributed by atoms with van der Waals surface area (Å²) in [5.74, 6) is 0. The van der Waals surface area contributed by atoms with E-state index >= 15 is 0 Å². The number of nitrogens with zero attached hydrogens (tertiary/aromatic N) is 3. The van der Waals surface area contributed by atoms with Crippen molar-refractivity contribution in [3.63, 3.8) is 0 Å². The van der Waals surface area contributed by atoms with Crippen molar-refractivity contribution in [1.29, 1.82) is 0 Å². The van der Waals surface area contributed by atoms with Crippen LogP contribution in [0.25, 0.3) is 16.6 Å². The smallest absolute Gasteiger partial charge is 0.336 e. The van der Waals surface area contributed by atoms with Gasteiger partial charge in [-0.3, -0.25) is 14.3 Å². The van der Waals surface area contributed by atoms with E-state index in [2.05, 4.69) is 4.98 Å². The van der Waals surface area contributed by atoms with Crippen LogP contribution in [0.2, 0.25) is 0 Å². The molecule has 3 heterocycles. The van der Waals surface area contributed by atoms with Crippen LogP contribution in [-0.2, 0) is 4.74 Å². The summed E-state index contributed by atoms with van der Waals surface area (Å²) in [5.41, 5.74) is 0.609. The number of pyridine rings is 1. The minimum absolute atomic E-state index is 0.0323. The van der Waals surface area contributed by atoms with Gasteiger partial charge in [0.15, 0.2) is 0 Å². The van der Waals surface area contributed by atoms with Gasteiger partial charge in [0.05, 0.1) is 16.6 Å². The maximum absolute atomic E-state index is 13.2. The summed E-state index contributed by atoms with van der Waals surface area (Å²) < 4.78 is 8.40. The fourth-order valence-corrected chi connectivity index (χ4v) is 3.30. The molecule has 1 aliphatic rings. The minimum Gasteiger partial charge on any atom is -0.381 e. The monoisotopic (exact) mass is 323 g/mol. The summed E-state index contributed by atoms with van der Waals surface area (Å²) in [4.78, 5) is 30.0. The van der Waals surface area contributed by atoms with Gasteiger partial charge in [0.25, 0.3) is 5.56 Å². The summed E-state index contributed by atoms with van der Waals surface area (Å²) in [5, 5.41) is 0.542. The highest BCUT2D eigenvalue weighted by molar-refractivity contribution is 5.78. The van der Waals surface area contributed by atoms with Crippen LogP contribution < -0.4 is 11.2 Å². The Morgan fingerprint density at radius 1 is 1.00 bits per heavy atom. The Balaban J connectivity index is 2.07. The van der Waals surface area contributed by atoms with Crippen LogP contribution in [0.1, 0.15) is 18.9 Å². The second-order valence-corrected chi connectivity index (χ2v) is 5.86. The van der Waals surface area contributed by atoms with Gasteiger partial charge in [0, 0.05) is 31.6 Å². The van der Waals surface area contributed by atoms with Crippen molar-refractivity contribution >= 4 is 10.9 Å². The van der Waals surface area contributed by atoms with Gasteiger partial charge in [-0.2, -0.15) is 0 Å². The molecule has 0 aliphatic carbocycles. The van der Waals surface area contributed by atoms with Gasteiger partial charge < -0.3 is 4.74 Å². The van der Waals surface area contributed by atoms with Crippen LogP contribution in [-0.4, -0.2) is 27.3 Å². The molecule has 0 spiro atoms. The van der Waals surface area contributed by atoms with Gasteiger partial charge in [0.1, 0.15) is 0 Å². The lowest BCUT2D eigenvalue weighted by Crippen LogP contribution is -2.41. The molecule has 1 aliphatic heterocycles. The fourth-order valence-electron chi connectivity index (χ4n) is 3.30. The van der Waals surface area contributed by atoms with Crippen LogP contribution in [0.15, 0.2) is 58.4 Å². The van der Waals surface area contributed by atoms with Crippen molar-refractivity contribution < 1.29 is 4.74 Å². The van der Waals surface area contributed by atoms with Crippen LogP contribution in [0, 0.1) is 0 Å². The molecular weight excluding hydrogens is 306 g/mol. The third-order valence-corrected chi connectivity index (χ3v) is 4.47. The number of ether oxygens (including phenoxy) is 1. The van der Waals surface area contributed by atoms with E-state index in [9.17, 15) is 9.59 Å². The molecule has 0 bridgehead atoms. The normalized spacial score (nSPS) is 15.7. The standard InChI is InChI=1S/C18H17N3O3/c22-17-15-3-1-2-4-16(15)20(14-7-11-24-12-8-14)18(23)21(17)13-5-9-19-10-6-13/h1-6,9-10,14H,7-8,11-12H2. The topological polar surface area (TPSA) is 66.1 Å². The van der Waals surface area contributed by atoms with Crippen LogP contribution >= 0.6 is 0 Å². The number of rotatable bonds is 2. The Morgan fingerprint density at radius 3 is 2.46 bits per heavy atom. The molecule has 0 N–H and O–H groups in total. The molecule has 2 aromatic heterocycles. The van der Waals surface area contributed by atoms with Gasteiger partial charge in [-0.25, -0.2) is 9.36 Å². The summed E-state index contributed by atoms with van der Waals surface area (Å²) >= 11 is 0. The van der Waals surface area contributed by atoms with E-state index in [1.165, 1.54) is 4.57 Å². The highest BCUT2D eigenvalue weighted by Crippen LogP contribution is 2.23. The first kappa shape index (κ1) is 14.8. The fraction of sp³-hybridized carbons (Fsp3) is 0.278. The molecule has 1 fully saturated rings. The molecule has 0 atom stereocenters. The van der Waals surface area contributed by atoms with Crippen molar-refractivity contribution in [2.24, 2.45) is 0 Å². The second kappa shape index (κ2) is 6.05. The largest absolute Gasteiger partial charge is 0.381 e. The first-order valence-electron chi connectivity index (χ1n) is 8.02. The van der Waals surface area contributed by atoms with Crippen molar-refractivity contribution in [3.05, 3.63) is 69.6 Å². The van der Waals surface area contributed by atoms with Gasteiger partial charge >= 0.3 is 5.69 Å². The number of benzene rings is 1. The van der Waals surface area contributed by atoms with Crippen LogP contribution in [0.5, 0.6) is 0 Å². The number of aromatic nitrogens is 3. The van der Waals surface area contributed by atoms with Crippen LogP contribution in [0.3, 0.4) is 0 Å². The maximum Gasteiger partial charge on any atom is 0.336 e. The van der Waals surface area contributed by atoms with Crippen LogP contribution in [0.4, 0.5) is 0 Å². The lowest BCUT2D eigenvalue weighted by atomic mass is 10.1. The number of hydrogen-bond acceptors (Lipinski definition) is 4. The summed E-state index contributed by atoms with van der Waals surface area (Å²) in [7, 11) is 0. The van der Waals surface area contributed by atoms with Crippen molar-refractivity contribution in [3.8, 4) is 5.69 Å². The van der Waals surface area contributed by atoms with Crippen molar-refractivity contribution in [2.45, 2.75) is 18.9 Å². The second-order valence-electron chi connectivity index (χ2n) is 5.86. The van der Waals surface area contributed by atoms with Crippen molar-refractivity contribution in [2.75, 3.05) is 13.2 Å². The average molecular weight is 323 g/mol. The highest BCUT2D eigenvalue weighted by atomic mass is 16.5. The van der Waals surface area contributed by atoms with Crippen molar-refractivity contribution in [1.82, 2.24) is 14.1 Å². The maximum atomic E-state index is 13.2. The van der Waals surface area contributed by atoms with E-state index in [0.717, 1.165) is 12.8 Å². The number of para-hydroxylation sites is 1. The Hall–Kier alpha value is -2.73. The Kier molecular flexibility index (Phi) is 3.74. The molecule has 4 rings (SSSR count).